The quantitative estimate of drug-likeness (QED) is 0.0222. The van der Waals surface area contributed by atoms with E-state index >= 15 is 0 Å². The third-order valence-electron chi connectivity index (χ3n) is 19.7. The van der Waals surface area contributed by atoms with Crippen LogP contribution in [0.3, 0.4) is 0 Å². The van der Waals surface area contributed by atoms with Crippen molar-refractivity contribution in [2.45, 2.75) is 464 Å². The average molecular weight is 1510 g/mol. The van der Waals surface area contributed by atoms with Crippen LogP contribution in [-0.4, -0.2) is 96.7 Å². The number of carbonyl (C=O) groups is 4. The number of hydrogen-bond donors (Lipinski definition) is 3. The monoisotopic (exact) mass is 1510 g/mol. The molecule has 0 bridgehead atoms. The number of esters is 4. The molecule has 103 heavy (non-hydrogen) atoms. The Morgan fingerprint density at radius 2 is 0.447 bits per heavy atom. The van der Waals surface area contributed by atoms with Gasteiger partial charge in [0.25, 0.3) is 0 Å². The van der Waals surface area contributed by atoms with E-state index in [4.69, 9.17) is 37.0 Å². The lowest BCUT2D eigenvalue weighted by Crippen LogP contribution is -2.30. The second-order valence-electron chi connectivity index (χ2n) is 31.2. The van der Waals surface area contributed by atoms with Crippen LogP contribution in [0.2, 0.25) is 0 Å². The summed E-state index contributed by atoms with van der Waals surface area (Å²) in [6, 6.07) is 0. The van der Waals surface area contributed by atoms with Crippen molar-refractivity contribution in [3.63, 3.8) is 0 Å². The number of phosphoric acid groups is 2. The maximum atomic E-state index is 13.1. The molecule has 3 N–H and O–H groups in total. The Kier molecular flexibility index (Phi) is 74.1. The minimum absolute atomic E-state index is 0.109. The second kappa shape index (κ2) is 75.5. The average Bonchev–Trinajstić information content (AvgIpc) is 0.923. The van der Waals surface area contributed by atoms with Crippen molar-refractivity contribution < 1.29 is 80.2 Å². The zero-order valence-corrected chi connectivity index (χ0v) is 69.4. The van der Waals surface area contributed by atoms with Crippen molar-refractivity contribution in [2.24, 2.45) is 11.8 Å². The van der Waals surface area contributed by atoms with Gasteiger partial charge in [-0.1, -0.05) is 395 Å². The molecule has 0 fully saturated rings. The van der Waals surface area contributed by atoms with Gasteiger partial charge in [-0.25, -0.2) is 9.13 Å². The molecule has 17 nitrogen and oxygen atoms in total. The topological polar surface area (TPSA) is 237 Å². The highest BCUT2D eigenvalue weighted by Gasteiger charge is 2.30. The molecular formula is C84H164O17P2. The first-order valence-corrected chi connectivity index (χ1v) is 46.5. The Morgan fingerprint density at radius 1 is 0.262 bits per heavy atom. The van der Waals surface area contributed by atoms with Gasteiger partial charge in [-0.2, -0.15) is 0 Å². The van der Waals surface area contributed by atoms with E-state index < -0.39 is 97.5 Å². The molecule has 0 rings (SSSR count). The van der Waals surface area contributed by atoms with Gasteiger partial charge in [0, 0.05) is 25.7 Å². The first-order chi connectivity index (χ1) is 49.9. The van der Waals surface area contributed by atoms with Crippen molar-refractivity contribution in [2.75, 3.05) is 39.6 Å². The van der Waals surface area contributed by atoms with E-state index in [1.165, 1.54) is 263 Å². The number of aliphatic hydroxyl groups excluding tert-OH is 1. The summed E-state index contributed by atoms with van der Waals surface area (Å²) in [6.07, 6.45) is 66.5. The third-order valence-corrected chi connectivity index (χ3v) is 21.6. The predicted octanol–water partition coefficient (Wildman–Crippen LogP) is 25.5. The number of hydrogen-bond acceptors (Lipinski definition) is 15. The number of ether oxygens (including phenoxy) is 4. The fraction of sp³-hybridized carbons (Fsp3) is 0.952. The minimum atomic E-state index is -4.96. The van der Waals surface area contributed by atoms with E-state index in [0.717, 1.165) is 102 Å². The molecule has 5 atom stereocenters. The zero-order chi connectivity index (χ0) is 75.6. The van der Waals surface area contributed by atoms with E-state index in [1.54, 1.807) is 0 Å². The van der Waals surface area contributed by atoms with E-state index in [-0.39, 0.29) is 25.7 Å². The molecular weight excluding hydrogens is 1340 g/mol. The molecule has 0 aromatic rings. The maximum absolute atomic E-state index is 13.1. The first kappa shape index (κ1) is 101. The van der Waals surface area contributed by atoms with E-state index in [9.17, 15) is 43.2 Å². The fourth-order valence-corrected chi connectivity index (χ4v) is 14.6. The molecule has 0 aromatic carbocycles. The van der Waals surface area contributed by atoms with Gasteiger partial charge < -0.3 is 33.8 Å². The second-order valence-corrected chi connectivity index (χ2v) is 34.1. The molecule has 0 aliphatic heterocycles. The van der Waals surface area contributed by atoms with Gasteiger partial charge in [0.15, 0.2) is 12.2 Å². The SMILES string of the molecule is CCCCCCCCCCCCCCCCCC(=O)O[C@H](COC(=O)CCCCCCCCCCCCC)COP(=O)(O)OC[C@H](O)COP(=O)(O)OC[C@@H](COC(=O)CCCCCCCCCCCCCCCC(C)C)OC(=O)CCCCCCCCCCCCCCCCCCCCC(C)C. The summed E-state index contributed by atoms with van der Waals surface area (Å²) in [6.45, 7) is 9.71. The van der Waals surface area contributed by atoms with Crippen molar-refractivity contribution in [1.82, 2.24) is 0 Å². The zero-order valence-electron chi connectivity index (χ0n) is 67.6. The lowest BCUT2D eigenvalue weighted by atomic mass is 10.0. The number of rotatable bonds is 83. The van der Waals surface area contributed by atoms with Crippen LogP contribution in [0.4, 0.5) is 0 Å². The molecule has 0 radical (unpaired) electrons. The van der Waals surface area contributed by atoms with Crippen LogP contribution in [0.5, 0.6) is 0 Å². The summed E-state index contributed by atoms with van der Waals surface area (Å²) in [4.78, 5) is 73.1. The van der Waals surface area contributed by atoms with Crippen LogP contribution < -0.4 is 0 Å². The van der Waals surface area contributed by atoms with E-state index in [2.05, 4.69) is 41.5 Å². The van der Waals surface area contributed by atoms with Crippen LogP contribution >= 0.6 is 15.6 Å². The summed E-state index contributed by atoms with van der Waals surface area (Å²) < 4.78 is 68.8. The Labute approximate surface area is 632 Å². The van der Waals surface area contributed by atoms with E-state index in [0.29, 0.717) is 25.7 Å². The van der Waals surface area contributed by atoms with Gasteiger partial charge in [-0.3, -0.25) is 37.3 Å². The molecule has 0 heterocycles. The largest absolute Gasteiger partial charge is 0.472 e. The van der Waals surface area contributed by atoms with Gasteiger partial charge in [-0.15, -0.1) is 0 Å². The predicted molar refractivity (Wildman–Crippen MR) is 423 cm³/mol. The summed E-state index contributed by atoms with van der Waals surface area (Å²) in [5.74, 6) is -0.491. The first-order valence-electron chi connectivity index (χ1n) is 43.5. The highest BCUT2D eigenvalue weighted by molar-refractivity contribution is 7.47. The van der Waals surface area contributed by atoms with Gasteiger partial charge >= 0.3 is 39.5 Å². The van der Waals surface area contributed by atoms with Crippen LogP contribution in [0.1, 0.15) is 446 Å². The molecule has 0 amide bonds. The Hall–Kier alpha value is -1.94. The summed E-state index contributed by atoms with van der Waals surface area (Å²) in [5.41, 5.74) is 0. The Morgan fingerprint density at radius 3 is 0.660 bits per heavy atom. The Bertz CT molecular complexity index is 1980. The van der Waals surface area contributed by atoms with Crippen molar-refractivity contribution in [1.29, 1.82) is 0 Å². The molecule has 0 spiro atoms. The van der Waals surface area contributed by atoms with Crippen LogP contribution in [0.15, 0.2) is 0 Å². The van der Waals surface area contributed by atoms with Crippen LogP contribution in [0, 0.1) is 11.8 Å². The molecule has 2 unspecified atom stereocenters. The lowest BCUT2D eigenvalue weighted by Gasteiger charge is -2.21. The smallest absolute Gasteiger partial charge is 0.462 e. The molecule has 0 saturated carbocycles. The Balaban J connectivity index is 5.24. The lowest BCUT2D eigenvalue weighted by molar-refractivity contribution is -0.161. The van der Waals surface area contributed by atoms with Gasteiger partial charge in [0.05, 0.1) is 26.4 Å². The molecule has 612 valence electrons. The maximum Gasteiger partial charge on any atom is 0.472 e. The standard InChI is InChI=1S/C84H164O17P2/c1-7-9-11-13-15-17-19-20-25-31-38-44-50-56-62-68-83(88)100-79(72-94-81(86)66-60-54-48-42-34-18-16-14-12-10-8-2)74-98-102(90,91)96-70-78(85)71-97-103(92,93)99-75-80(73-95-82(87)67-61-55-49-43-37-33-28-30-36-41-47-53-59-65-77(5)6)101-84(89)69-63-57-51-45-39-32-27-24-22-21-23-26-29-35-40-46-52-58-64-76(3)4/h76-80,85H,7-75H2,1-6H3,(H,90,91)(H,92,93)/t78-,79+,80+/m0/s1. The third kappa shape index (κ3) is 78.0. The van der Waals surface area contributed by atoms with Gasteiger partial charge in [-0.05, 0) is 37.5 Å². The highest BCUT2D eigenvalue weighted by Crippen LogP contribution is 2.45. The normalized spacial score (nSPS) is 13.9. The van der Waals surface area contributed by atoms with Gasteiger partial charge in [0.2, 0.25) is 0 Å². The minimum Gasteiger partial charge on any atom is -0.462 e. The van der Waals surface area contributed by atoms with Crippen molar-refractivity contribution in [3.8, 4) is 0 Å². The van der Waals surface area contributed by atoms with Crippen molar-refractivity contribution >= 4 is 39.5 Å². The van der Waals surface area contributed by atoms with Crippen LogP contribution in [0.25, 0.3) is 0 Å². The van der Waals surface area contributed by atoms with E-state index in [1.807, 2.05) is 0 Å². The summed E-state index contributed by atoms with van der Waals surface area (Å²) >= 11 is 0. The number of phosphoric ester groups is 2. The summed E-state index contributed by atoms with van der Waals surface area (Å²) in [7, 11) is -9.92. The summed E-state index contributed by atoms with van der Waals surface area (Å²) in [5, 5.41) is 10.7. The molecule has 19 heteroatoms. The highest BCUT2D eigenvalue weighted by atomic mass is 31.2. The van der Waals surface area contributed by atoms with Crippen LogP contribution in [-0.2, 0) is 65.4 Å². The van der Waals surface area contributed by atoms with Crippen molar-refractivity contribution in [3.05, 3.63) is 0 Å². The fourth-order valence-electron chi connectivity index (χ4n) is 13.1. The van der Waals surface area contributed by atoms with Gasteiger partial charge in [0.1, 0.15) is 19.3 Å². The molecule has 0 aliphatic rings. The molecule has 0 saturated heterocycles. The molecule has 0 aliphatic carbocycles. The number of carbonyl (C=O) groups excluding carboxylic acids is 4. The number of aliphatic hydroxyl groups is 1. The number of unbranched alkanes of at least 4 members (excludes halogenated alkanes) is 53. The molecule has 0 aromatic heterocycles.